The van der Waals surface area contributed by atoms with E-state index in [1.54, 1.807) is 12.1 Å². The van der Waals surface area contributed by atoms with E-state index >= 15 is 0 Å². The third-order valence-electron chi connectivity index (χ3n) is 3.48. The van der Waals surface area contributed by atoms with E-state index in [1.165, 1.54) is 12.1 Å². The fraction of sp³-hybridized carbons (Fsp3) is 0.467. The topological polar surface area (TPSA) is 72.6 Å². The molecule has 1 saturated heterocycles. The minimum atomic E-state index is -0.399. The second-order valence-corrected chi connectivity index (χ2v) is 4.89. The first-order chi connectivity index (χ1) is 9.72. The van der Waals surface area contributed by atoms with Gasteiger partial charge in [-0.3, -0.25) is 10.1 Å². The number of non-ortho nitro benzene ring substituents is 1. The summed E-state index contributed by atoms with van der Waals surface area (Å²) in [4.78, 5) is 10.3. The van der Waals surface area contributed by atoms with Crippen molar-refractivity contribution in [3.8, 4) is 0 Å². The maximum Gasteiger partial charge on any atom is 0.269 e. The van der Waals surface area contributed by atoms with Crippen LogP contribution < -0.4 is 0 Å². The summed E-state index contributed by atoms with van der Waals surface area (Å²) in [6.07, 6.45) is 6.68. The van der Waals surface area contributed by atoms with Crippen LogP contribution in [-0.4, -0.2) is 23.2 Å². The Balaban J connectivity index is 2.12. The number of hydrogen-bond acceptors (Lipinski definition) is 4. The number of nitro benzene ring substituents is 1. The van der Waals surface area contributed by atoms with E-state index in [2.05, 4.69) is 6.08 Å². The molecule has 1 aliphatic rings. The zero-order valence-corrected chi connectivity index (χ0v) is 11.3. The van der Waals surface area contributed by atoms with Gasteiger partial charge < -0.3 is 9.84 Å². The molecule has 5 nitrogen and oxygen atoms in total. The summed E-state index contributed by atoms with van der Waals surface area (Å²) in [6, 6.07) is 6.56. The third kappa shape index (κ3) is 3.65. The molecule has 0 bridgehead atoms. The fourth-order valence-electron chi connectivity index (χ4n) is 2.48. The van der Waals surface area contributed by atoms with Crippen molar-refractivity contribution in [2.45, 2.75) is 25.4 Å². The number of rotatable bonds is 5. The minimum Gasteiger partial charge on any atom is -0.396 e. The van der Waals surface area contributed by atoms with E-state index in [-0.39, 0.29) is 24.3 Å². The Bertz CT molecular complexity index is 469. The smallest absolute Gasteiger partial charge is 0.269 e. The van der Waals surface area contributed by atoms with Crippen molar-refractivity contribution in [1.82, 2.24) is 0 Å². The Hall–Kier alpha value is -1.72. The van der Waals surface area contributed by atoms with Crippen LogP contribution in [0.1, 0.15) is 30.9 Å². The van der Waals surface area contributed by atoms with Crippen molar-refractivity contribution in [1.29, 1.82) is 0 Å². The summed E-state index contributed by atoms with van der Waals surface area (Å²) in [5.41, 5.74) is 1.06. The molecule has 1 heterocycles. The number of aliphatic hydroxyl groups is 1. The quantitative estimate of drug-likeness (QED) is 0.510. The van der Waals surface area contributed by atoms with Gasteiger partial charge in [-0.15, -0.1) is 0 Å². The van der Waals surface area contributed by atoms with E-state index in [0.717, 1.165) is 18.4 Å². The lowest BCUT2D eigenvalue weighted by molar-refractivity contribution is -0.384. The summed E-state index contributed by atoms with van der Waals surface area (Å²) < 4.78 is 5.82. The van der Waals surface area contributed by atoms with Crippen LogP contribution in [0.25, 0.3) is 0 Å². The molecule has 5 heteroatoms. The first-order valence-corrected chi connectivity index (χ1v) is 6.86. The van der Waals surface area contributed by atoms with Crippen LogP contribution in [-0.2, 0) is 4.74 Å². The van der Waals surface area contributed by atoms with Crippen molar-refractivity contribution < 1.29 is 14.8 Å². The minimum absolute atomic E-state index is 0.0560. The molecular formula is C15H19NO4. The molecule has 1 aromatic rings. The van der Waals surface area contributed by atoms with E-state index in [4.69, 9.17) is 9.84 Å². The van der Waals surface area contributed by atoms with Crippen LogP contribution in [0.4, 0.5) is 5.69 Å². The van der Waals surface area contributed by atoms with Crippen molar-refractivity contribution in [2.24, 2.45) is 5.92 Å². The molecule has 1 aliphatic heterocycles. The Morgan fingerprint density at radius 3 is 2.80 bits per heavy atom. The predicted molar refractivity (Wildman–Crippen MR) is 75.4 cm³/mol. The van der Waals surface area contributed by atoms with Gasteiger partial charge in [0.1, 0.15) is 0 Å². The average molecular weight is 277 g/mol. The van der Waals surface area contributed by atoms with Gasteiger partial charge in [0.05, 0.1) is 11.0 Å². The Morgan fingerprint density at radius 2 is 2.15 bits per heavy atom. The zero-order valence-electron chi connectivity index (χ0n) is 11.3. The molecule has 1 aromatic carbocycles. The molecular weight excluding hydrogens is 258 g/mol. The van der Waals surface area contributed by atoms with E-state index < -0.39 is 4.92 Å². The summed E-state index contributed by atoms with van der Waals surface area (Å²) in [5, 5.41) is 19.5. The molecule has 0 radical (unpaired) electrons. The van der Waals surface area contributed by atoms with Gasteiger partial charge in [0.2, 0.25) is 0 Å². The van der Waals surface area contributed by atoms with Gasteiger partial charge >= 0.3 is 0 Å². The second-order valence-electron chi connectivity index (χ2n) is 4.89. The third-order valence-corrected chi connectivity index (χ3v) is 3.48. The summed E-state index contributed by atoms with van der Waals surface area (Å²) in [7, 11) is 0. The van der Waals surface area contributed by atoms with Crippen LogP contribution in [0, 0.1) is 16.0 Å². The molecule has 108 valence electrons. The Kier molecular flexibility index (Phi) is 5.26. The average Bonchev–Trinajstić information content (AvgIpc) is 2.48. The number of hydrogen-bond donors (Lipinski definition) is 1. The maximum absolute atomic E-state index is 10.7. The van der Waals surface area contributed by atoms with Crippen LogP contribution in [0.2, 0.25) is 0 Å². The van der Waals surface area contributed by atoms with Crippen LogP contribution >= 0.6 is 0 Å². The van der Waals surface area contributed by atoms with Crippen LogP contribution in [0.15, 0.2) is 36.4 Å². The maximum atomic E-state index is 10.7. The molecule has 2 atom stereocenters. The highest BCUT2D eigenvalue weighted by atomic mass is 16.6. The lowest BCUT2D eigenvalue weighted by Gasteiger charge is -2.30. The molecule has 0 saturated carbocycles. The highest BCUT2D eigenvalue weighted by molar-refractivity contribution is 5.34. The Morgan fingerprint density at radius 1 is 1.40 bits per heavy atom. The lowest BCUT2D eigenvalue weighted by Crippen LogP contribution is -2.21. The summed E-state index contributed by atoms with van der Waals surface area (Å²) in [5.74, 6) is 0.261. The number of benzene rings is 1. The molecule has 0 spiro atoms. The van der Waals surface area contributed by atoms with Crippen molar-refractivity contribution >= 4 is 5.69 Å². The molecule has 1 fully saturated rings. The van der Waals surface area contributed by atoms with Crippen molar-refractivity contribution in [2.75, 3.05) is 13.2 Å². The van der Waals surface area contributed by atoms with Gasteiger partial charge in [-0.25, -0.2) is 0 Å². The molecule has 1 N–H and O–H groups in total. The summed E-state index contributed by atoms with van der Waals surface area (Å²) >= 11 is 0. The summed E-state index contributed by atoms with van der Waals surface area (Å²) in [6.45, 7) is 0.859. The van der Waals surface area contributed by atoms with Crippen LogP contribution in [0.5, 0.6) is 0 Å². The van der Waals surface area contributed by atoms with E-state index in [0.29, 0.717) is 13.0 Å². The molecule has 2 rings (SSSR count). The van der Waals surface area contributed by atoms with Gasteiger partial charge in [0.25, 0.3) is 5.69 Å². The standard InChI is InChI=1S/C15H19NO4/c17-10-2-1-4-12-5-3-11-20-15(12)13-6-8-14(9-7-13)16(18)19/h1,4,6-9,12,15,17H,2-3,5,10-11H2/b4-1+/t12-,15-/m0/s1. The van der Waals surface area contributed by atoms with Crippen LogP contribution in [0.3, 0.4) is 0 Å². The normalized spacial score (nSPS) is 23.1. The van der Waals surface area contributed by atoms with Gasteiger partial charge in [0, 0.05) is 31.3 Å². The first kappa shape index (κ1) is 14.7. The molecule has 0 amide bonds. The van der Waals surface area contributed by atoms with Gasteiger partial charge in [-0.1, -0.05) is 12.2 Å². The van der Waals surface area contributed by atoms with E-state index in [9.17, 15) is 10.1 Å². The highest BCUT2D eigenvalue weighted by Gasteiger charge is 2.25. The van der Waals surface area contributed by atoms with E-state index in [1.807, 2.05) is 6.08 Å². The molecule has 0 aromatic heterocycles. The molecule has 0 unspecified atom stereocenters. The van der Waals surface area contributed by atoms with Gasteiger partial charge in [-0.2, -0.15) is 0 Å². The fourth-order valence-corrected chi connectivity index (χ4v) is 2.48. The highest BCUT2D eigenvalue weighted by Crippen LogP contribution is 2.35. The molecule has 0 aliphatic carbocycles. The number of ether oxygens (including phenoxy) is 1. The number of aliphatic hydroxyl groups excluding tert-OH is 1. The van der Waals surface area contributed by atoms with Gasteiger partial charge in [-0.05, 0) is 37.0 Å². The SMILES string of the molecule is O=[N+]([O-])c1ccc([C@H]2OCCC[C@@H]2/C=C/CCO)cc1. The monoisotopic (exact) mass is 277 g/mol. The van der Waals surface area contributed by atoms with Gasteiger partial charge in [0.15, 0.2) is 0 Å². The second kappa shape index (κ2) is 7.17. The zero-order chi connectivity index (χ0) is 14.4. The molecule has 20 heavy (non-hydrogen) atoms. The number of nitro groups is 1. The first-order valence-electron chi connectivity index (χ1n) is 6.86. The largest absolute Gasteiger partial charge is 0.396 e. The predicted octanol–water partition coefficient (Wildman–Crippen LogP) is 3.00. The lowest BCUT2D eigenvalue weighted by atomic mass is 9.89. The Labute approximate surface area is 118 Å². The number of nitrogens with zero attached hydrogens (tertiary/aromatic N) is 1. The van der Waals surface area contributed by atoms with Crippen molar-refractivity contribution in [3.05, 3.63) is 52.1 Å². The van der Waals surface area contributed by atoms with Crippen molar-refractivity contribution in [3.63, 3.8) is 0 Å².